The Hall–Kier alpha value is -4.03. The fraction of sp³-hybridized carbons (Fsp3) is 0.0455. The van der Waals surface area contributed by atoms with Gasteiger partial charge in [0.15, 0.2) is 5.82 Å². The van der Waals surface area contributed by atoms with Crippen LogP contribution in [0, 0.1) is 5.82 Å². The maximum Gasteiger partial charge on any atom is 0.573 e. The zero-order chi connectivity index (χ0) is 25.7. The Labute approximate surface area is 211 Å². The highest BCUT2D eigenvalue weighted by atomic mass is 35.5. The summed E-state index contributed by atoms with van der Waals surface area (Å²) >= 11 is 12.0. The molecule has 0 aliphatic heterocycles. The Bertz CT molecular complexity index is 1360. The minimum Gasteiger partial charge on any atom is -0.406 e. The molecule has 4 rings (SSSR count). The third-order valence-electron chi connectivity index (χ3n) is 4.28. The van der Waals surface area contributed by atoms with Gasteiger partial charge in [-0.3, -0.25) is 0 Å². The van der Waals surface area contributed by atoms with Crippen molar-refractivity contribution in [2.24, 2.45) is 5.10 Å². The summed E-state index contributed by atoms with van der Waals surface area (Å²) < 4.78 is 55.2. The van der Waals surface area contributed by atoms with Gasteiger partial charge in [-0.25, -0.2) is 14.8 Å². The second-order valence-electron chi connectivity index (χ2n) is 6.88. The van der Waals surface area contributed by atoms with E-state index >= 15 is 0 Å². The Morgan fingerprint density at radius 2 is 1.67 bits per heavy atom. The van der Waals surface area contributed by atoms with Crippen molar-refractivity contribution in [3.05, 3.63) is 82.2 Å². The number of aromatic nitrogens is 4. The Morgan fingerprint density at radius 1 is 0.917 bits per heavy atom. The van der Waals surface area contributed by atoms with E-state index in [0.717, 1.165) is 12.1 Å². The molecule has 0 aliphatic carbocycles. The first-order chi connectivity index (χ1) is 17.2. The fourth-order valence-corrected chi connectivity index (χ4v) is 3.15. The number of hydrogen-bond acceptors (Lipinski definition) is 8. The maximum absolute atomic E-state index is 14.5. The van der Waals surface area contributed by atoms with E-state index in [2.05, 4.69) is 40.5 Å². The van der Waals surface area contributed by atoms with Gasteiger partial charge < -0.3 is 10.1 Å². The molecule has 0 amide bonds. The molecule has 2 aromatic carbocycles. The van der Waals surface area contributed by atoms with Crippen molar-refractivity contribution in [1.82, 2.24) is 19.9 Å². The average molecular weight is 538 g/mol. The minimum atomic E-state index is -4.79. The van der Waals surface area contributed by atoms with Crippen LogP contribution in [0.15, 0.2) is 65.9 Å². The van der Waals surface area contributed by atoms with E-state index in [1.54, 1.807) is 12.1 Å². The van der Waals surface area contributed by atoms with Crippen molar-refractivity contribution in [2.75, 3.05) is 10.7 Å². The molecule has 2 aromatic heterocycles. The number of alkyl halides is 3. The number of halogens is 6. The van der Waals surface area contributed by atoms with Crippen LogP contribution in [0.4, 0.5) is 35.3 Å². The number of nitrogens with one attached hydrogen (secondary N) is 2. The SMILES string of the molecule is Fc1cccc(Cl)c1-c1nc(NN=Cc2ccc(OC(F)(F)F)cc2)nc(Nc2ccc(Cl)cn2)n1. The van der Waals surface area contributed by atoms with E-state index in [4.69, 9.17) is 23.2 Å². The number of pyridine rings is 1. The number of benzene rings is 2. The number of hydrazone groups is 1. The molecule has 36 heavy (non-hydrogen) atoms. The zero-order valence-corrected chi connectivity index (χ0v) is 19.3. The third kappa shape index (κ3) is 6.77. The van der Waals surface area contributed by atoms with Crippen molar-refractivity contribution >= 4 is 47.1 Å². The van der Waals surface area contributed by atoms with Crippen molar-refractivity contribution in [3.8, 4) is 17.1 Å². The molecular weight excluding hydrogens is 525 g/mol. The summed E-state index contributed by atoms with van der Waals surface area (Å²) in [4.78, 5) is 16.7. The molecule has 0 saturated carbocycles. The van der Waals surface area contributed by atoms with E-state index in [0.29, 0.717) is 16.4 Å². The van der Waals surface area contributed by atoms with Crippen molar-refractivity contribution in [2.45, 2.75) is 6.36 Å². The summed E-state index contributed by atoms with van der Waals surface area (Å²) in [6, 6.07) is 12.3. The van der Waals surface area contributed by atoms with Gasteiger partial charge >= 0.3 is 6.36 Å². The molecule has 0 fully saturated rings. The number of hydrogen-bond donors (Lipinski definition) is 2. The lowest BCUT2D eigenvalue weighted by atomic mass is 10.2. The van der Waals surface area contributed by atoms with Gasteiger partial charge in [-0.2, -0.15) is 20.1 Å². The first-order valence-electron chi connectivity index (χ1n) is 9.90. The molecule has 2 heterocycles. The lowest BCUT2D eigenvalue weighted by molar-refractivity contribution is -0.274. The molecule has 0 spiro atoms. The van der Waals surface area contributed by atoms with Crippen LogP contribution in [-0.2, 0) is 0 Å². The van der Waals surface area contributed by atoms with E-state index < -0.39 is 12.2 Å². The zero-order valence-electron chi connectivity index (χ0n) is 17.8. The molecule has 0 unspecified atom stereocenters. The van der Waals surface area contributed by atoms with Crippen LogP contribution in [0.1, 0.15) is 5.56 Å². The van der Waals surface area contributed by atoms with Crippen LogP contribution in [0.5, 0.6) is 5.75 Å². The van der Waals surface area contributed by atoms with Gasteiger partial charge in [0.1, 0.15) is 17.4 Å². The molecule has 0 saturated heterocycles. The molecule has 0 radical (unpaired) electrons. The summed E-state index contributed by atoms with van der Waals surface area (Å²) in [7, 11) is 0. The summed E-state index contributed by atoms with van der Waals surface area (Å²) in [5, 5.41) is 7.33. The normalized spacial score (nSPS) is 11.5. The van der Waals surface area contributed by atoms with Crippen molar-refractivity contribution in [3.63, 3.8) is 0 Å². The summed E-state index contributed by atoms with van der Waals surface area (Å²) in [5.41, 5.74) is 2.98. The van der Waals surface area contributed by atoms with Crippen molar-refractivity contribution in [1.29, 1.82) is 0 Å². The van der Waals surface area contributed by atoms with Crippen LogP contribution in [0.2, 0.25) is 10.0 Å². The van der Waals surface area contributed by atoms with Crippen LogP contribution < -0.4 is 15.5 Å². The van der Waals surface area contributed by atoms with Gasteiger partial charge in [-0.1, -0.05) is 29.3 Å². The molecule has 4 aromatic rings. The summed E-state index contributed by atoms with van der Waals surface area (Å²) in [6.45, 7) is 0. The Balaban J connectivity index is 1.60. The molecule has 0 aliphatic rings. The maximum atomic E-state index is 14.5. The fourth-order valence-electron chi connectivity index (χ4n) is 2.79. The predicted molar refractivity (Wildman–Crippen MR) is 127 cm³/mol. The monoisotopic (exact) mass is 537 g/mol. The molecule has 0 bridgehead atoms. The Morgan fingerprint density at radius 3 is 2.33 bits per heavy atom. The third-order valence-corrected chi connectivity index (χ3v) is 4.82. The van der Waals surface area contributed by atoms with Crippen molar-refractivity contribution < 1.29 is 22.3 Å². The van der Waals surface area contributed by atoms with E-state index in [1.807, 2.05) is 0 Å². The van der Waals surface area contributed by atoms with Gasteiger partial charge in [0, 0.05) is 6.20 Å². The second kappa shape index (κ2) is 10.7. The summed E-state index contributed by atoms with van der Waals surface area (Å²) in [5.74, 6) is -0.838. The standard InChI is InChI=1S/C22H13Cl2F4N7O/c23-13-6-9-17(29-11-13)31-20-32-19(18-15(24)2-1-3-16(18)25)33-21(34-20)35-30-10-12-4-7-14(8-5-12)36-22(26,27)28/h1-11H,(H2,29,31,32,33,34,35). The lowest BCUT2D eigenvalue weighted by Crippen LogP contribution is -2.17. The quantitative estimate of drug-likeness (QED) is 0.158. The van der Waals surface area contributed by atoms with Gasteiger partial charge in [0.2, 0.25) is 11.9 Å². The number of rotatable bonds is 7. The lowest BCUT2D eigenvalue weighted by Gasteiger charge is -2.10. The van der Waals surface area contributed by atoms with E-state index in [9.17, 15) is 17.6 Å². The van der Waals surface area contributed by atoms with Gasteiger partial charge in [0.25, 0.3) is 0 Å². The Kier molecular flexibility index (Phi) is 7.46. The highest BCUT2D eigenvalue weighted by Gasteiger charge is 2.30. The molecule has 14 heteroatoms. The van der Waals surface area contributed by atoms with Gasteiger partial charge in [-0.15, -0.1) is 13.2 Å². The first-order valence-corrected chi connectivity index (χ1v) is 10.7. The first kappa shape index (κ1) is 25.1. The smallest absolute Gasteiger partial charge is 0.406 e. The number of anilines is 3. The molecule has 8 nitrogen and oxygen atoms in total. The minimum absolute atomic E-state index is 0.000458. The molecule has 0 atom stereocenters. The number of nitrogens with zero attached hydrogens (tertiary/aromatic N) is 5. The highest BCUT2D eigenvalue weighted by molar-refractivity contribution is 6.33. The second-order valence-corrected chi connectivity index (χ2v) is 7.72. The summed E-state index contributed by atoms with van der Waals surface area (Å²) in [6.07, 6.45) is -2.07. The molecular formula is C22H13Cl2F4N7O. The van der Waals surface area contributed by atoms with Crippen LogP contribution in [0.25, 0.3) is 11.4 Å². The van der Waals surface area contributed by atoms with Crippen LogP contribution >= 0.6 is 23.2 Å². The topological polar surface area (TPSA) is 97.2 Å². The predicted octanol–water partition coefficient (Wildman–Crippen LogP) is 6.47. The molecule has 184 valence electrons. The average Bonchev–Trinajstić information content (AvgIpc) is 2.81. The number of ether oxygens (including phenoxy) is 1. The van der Waals surface area contributed by atoms with Gasteiger partial charge in [-0.05, 0) is 54.1 Å². The van der Waals surface area contributed by atoms with Gasteiger partial charge in [0.05, 0.1) is 21.8 Å². The highest BCUT2D eigenvalue weighted by Crippen LogP contribution is 2.29. The van der Waals surface area contributed by atoms with E-state index in [1.165, 1.54) is 42.7 Å². The van der Waals surface area contributed by atoms with Crippen LogP contribution in [0.3, 0.4) is 0 Å². The van der Waals surface area contributed by atoms with Crippen LogP contribution in [-0.4, -0.2) is 32.5 Å². The largest absolute Gasteiger partial charge is 0.573 e. The van der Waals surface area contributed by atoms with E-state index in [-0.39, 0.29) is 34.1 Å². The molecule has 2 N–H and O–H groups in total.